The number of aromatic nitrogens is 3. The van der Waals surface area contributed by atoms with Crippen molar-refractivity contribution in [2.45, 2.75) is 69.6 Å². The number of carbonyl (C=O) groups is 1. The molecule has 1 aliphatic heterocycles. The number of amides is 1. The fourth-order valence-corrected chi connectivity index (χ4v) is 7.68. The summed E-state index contributed by atoms with van der Waals surface area (Å²) in [5.41, 5.74) is -0.678. The minimum absolute atomic E-state index is 0.0346. The SMILES string of the molecule is COc1cccc(OC)c1-n1c(-c2ccco2)nnc1N(CC[Si](C)(C)C)S(=O)(=O)C(C)CN1C(=O)CCC[C@]1(C)C#N. The number of para-hydroxylation sites is 1. The first-order chi connectivity index (χ1) is 20.3. The van der Waals surface area contributed by atoms with Gasteiger partial charge in [0.15, 0.2) is 5.76 Å². The summed E-state index contributed by atoms with van der Waals surface area (Å²) >= 11 is 0. The van der Waals surface area contributed by atoms with Crippen LogP contribution in [0.4, 0.5) is 5.95 Å². The van der Waals surface area contributed by atoms with E-state index in [1.807, 2.05) is 0 Å². The van der Waals surface area contributed by atoms with Crippen molar-refractivity contribution in [2.75, 3.05) is 31.6 Å². The first kappa shape index (κ1) is 32.1. The minimum Gasteiger partial charge on any atom is -0.494 e. The number of methoxy groups -OCH3 is 2. The number of sulfonamides is 1. The molecule has 3 aromatic rings. The summed E-state index contributed by atoms with van der Waals surface area (Å²) in [6.45, 7) is 9.74. The number of nitrogens with zero attached hydrogens (tertiary/aromatic N) is 6. The highest BCUT2D eigenvalue weighted by atomic mass is 32.2. The number of likely N-dealkylation sites (tertiary alicyclic amines) is 1. The van der Waals surface area contributed by atoms with Gasteiger partial charge in [0.05, 0.1) is 31.8 Å². The molecule has 0 N–H and O–H groups in total. The first-order valence-corrected chi connectivity index (χ1v) is 19.4. The van der Waals surface area contributed by atoms with Crippen LogP contribution in [0, 0.1) is 11.3 Å². The van der Waals surface area contributed by atoms with E-state index in [1.165, 1.54) is 29.7 Å². The predicted octanol–water partition coefficient (Wildman–Crippen LogP) is 4.70. The van der Waals surface area contributed by atoms with Crippen LogP contribution >= 0.6 is 0 Å². The number of rotatable bonds is 12. The second-order valence-corrected chi connectivity index (χ2v) is 20.0. The molecule has 1 aromatic carbocycles. The zero-order valence-electron chi connectivity index (χ0n) is 25.8. The molecule has 1 aliphatic rings. The Bertz CT molecular complexity index is 1570. The Morgan fingerprint density at radius 2 is 1.84 bits per heavy atom. The Morgan fingerprint density at radius 1 is 1.16 bits per heavy atom. The highest BCUT2D eigenvalue weighted by Gasteiger charge is 2.43. The van der Waals surface area contributed by atoms with Crippen molar-refractivity contribution in [1.82, 2.24) is 19.7 Å². The molecule has 14 heteroatoms. The lowest BCUT2D eigenvalue weighted by atomic mass is 9.89. The number of anilines is 1. The Labute approximate surface area is 254 Å². The van der Waals surface area contributed by atoms with Crippen LogP contribution in [0.3, 0.4) is 0 Å². The Kier molecular flexibility index (Phi) is 9.26. The third kappa shape index (κ3) is 6.42. The minimum atomic E-state index is -4.17. The summed E-state index contributed by atoms with van der Waals surface area (Å²) in [6, 6.07) is 11.5. The van der Waals surface area contributed by atoms with Gasteiger partial charge in [-0.3, -0.25) is 9.36 Å². The van der Waals surface area contributed by atoms with E-state index in [-0.39, 0.29) is 37.2 Å². The number of ether oxygens (including phenoxy) is 2. The maximum atomic E-state index is 14.6. The first-order valence-electron chi connectivity index (χ1n) is 14.2. The average Bonchev–Trinajstić information content (AvgIpc) is 3.64. The summed E-state index contributed by atoms with van der Waals surface area (Å²) in [5, 5.41) is 17.7. The lowest BCUT2D eigenvalue weighted by molar-refractivity contribution is -0.138. The quantitative estimate of drug-likeness (QED) is 0.261. The maximum Gasteiger partial charge on any atom is 0.246 e. The van der Waals surface area contributed by atoms with Crippen molar-refractivity contribution in [3.63, 3.8) is 0 Å². The number of hydrogen-bond acceptors (Lipinski definition) is 9. The number of piperidine rings is 1. The van der Waals surface area contributed by atoms with Crippen LogP contribution in [0.1, 0.15) is 33.1 Å². The van der Waals surface area contributed by atoms with Crippen LogP contribution in [-0.2, 0) is 14.8 Å². The molecule has 0 aliphatic carbocycles. The van der Waals surface area contributed by atoms with Crippen LogP contribution in [0.5, 0.6) is 11.5 Å². The van der Waals surface area contributed by atoms with Crippen LogP contribution < -0.4 is 13.8 Å². The molecule has 1 fully saturated rings. The second-order valence-electron chi connectivity index (χ2n) is 12.1. The molecule has 2 atom stereocenters. The highest BCUT2D eigenvalue weighted by molar-refractivity contribution is 7.93. The van der Waals surface area contributed by atoms with Crippen molar-refractivity contribution in [1.29, 1.82) is 5.26 Å². The van der Waals surface area contributed by atoms with E-state index >= 15 is 0 Å². The van der Waals surface area contributed by atoms with E-state index in [0.717, 1.165) is 0 Å². The average molecular weight is 629 g/mol. The normalized spacial score (nSPS) is 18.3. The van der Waals surface area contributed by atoms with Gasteiger partial charge in [0.1, 0.15) is 22.7 Å². The zero-order chi connectivity index (χ0) is 31.6. The molecule has 1 saturated heterocycles. The Morgan fingerprint density at radius 3 is 2.40 bits per heavy atom. The molecule has 12 nitrogen and oxygen atoms in total. The summed E-state index contributed by atoms with van der Waals surface area (Å²) in [6.07, 6.45) is 2.84. The third-order valence-corrected chi connectivity index (χ3v) is 11.6. The molecule has 3 heterocycles. The van der Waals surface area contributed by atoms with Crippen molar-refractivity contribution in [2.24, 2.45) is 0 Å². The lowest BCUT2D eigenvalue weighted by Crippen LogP contribution is -2.56. The molecule has 0 spiro atoms. The molecule has 232 valence electrons. The topological polar surface area (TPSA) is 144 Å². The zero-order valence-corrected chi connectivity index (χ0v) is 27.6. The molecular formula is C29H40N6O6SSi. The van der Waals surface area contributed by atoms with E-state index < -0.39 is 28.9 Å². The molecule has 4 rings (SSSR count). The molecule has 0 bridgehead atoms. The van der Waals surface area contributed by atoms with Gasteiger partial charge in [-0.1, -0.05) is 25.7 Å². The Hall–Kier alpha value is -3.83. The smallest absolute Gasteiger partial charge is 0.246 e. The molecule has 0 radical (unpaired) electrons. The highest BCUT2D eigenvalue weighted by Crippen LogP contribution is 2.40. The summed E-state index contributed by atoms with van der Waals surface area (Å²) < 4.78 is 49.1. The number of furan rings is 1. The van der Waals surface area contributed by atoms with Gasteiger partial charge in [-0.2, -0.15) is 5.26 Å². The van der Waals surface area contributed by atoms with Gasteiger partial charge in [0.2, 0.25) is 27.7 Å². The van der Waals surface area contributed by atoms with Crippen LogP contribution in [0.25, 0.3) is 17.3 Å². The predicted molar refractivity (Wildman–Crippen MR) is 166 cm³/mol. The van der Waals surface area contributed by atoms with E-state index in [9.17, 15) is 18.5 Å². The van der Waals surface area contributed by atoms with Crippen molar-refractivity contribution in [3.05, 3.63) is 36.6 Å². The largest absolute Gasteiger partial charge is 0.494 e. The van der Waals surface area contributed by atoms with Gasteiger partial charge < -0.3 is 18.8 Å². The van der Waals surface area contributed by atoms with Crippen LogP contribution in [0.15, 0.2) is 41.0 Å². The molecule has 1 amide bonds. The molecule has 1 unspecified atom stereocenters. The third-order valence-electron chi connectivity index (χ3n) is 7.75. The monoisotopic (exact) mass is 628 g/mol. The molecule has 0 saturated carbocycles. The fourth-order valence-electron chi connectivity index (χ4n) is 5.16. The number of carbonyl (C=O) groups excluding carboxylic acids is 1. The van der Waals surface area contributed by atoms with Crippen molar-refractivity contribution < 1.29 is 27.1 Å². The lowest BCUT2D eigenvalue weighted by Gasteiger charge is -2.41. The van der Waals surface area contributed by atoms with E-state index in [4.69, 9.17) is 13.9 Å². The van der Waals surface area contributed by atoms with Gasteiger partial charge in [-0.25, -0.2) is 12.7 Å². The van der Waals surface area contributed by atoms with E-state index in [0.29, 0.717) is 41.8 Å². The summed E-state index contributed by atoms with van der Waals surface area (Å²) in [4.78, 5) is 14.4. The number of nitriles is 1. The van der Waals surface area contributed by atoms with E-state index in [1.54, 1.807) is 48.7 Å². The maximum absolute atomic E-state index is 14.6. The van der Waals surface area contributed by atoms with Crippen LogP contribution in [-0.4, -0.2) is 80.2 Å². The van der Waals surface area contributed by atoms with Crippen molar-refractivity contribution in [3.8, 4) is 34.8 Å². The van der Waals surface area contributed by atoms with Gasteiger partial charge in [-0.05, 0) is 57.0 Å². The van der Waals surface area contributed by atoms with Gasteiger partial charge >= 0.3 is 0 Å². The van der Waals surface area contributed by atoms with Crippen molar-refractivity contribution >= 4 is 30.0 Å². The molecular weight excluding hydrogens is 589 g/mol. The standard InChI is InChI=1S/C29H40N6O6SSi/c1-21(19-33-25(36)14-9-15-29(33,2)20-30)42(37,38)34(16-18-43(5,6)7)28-32-31-27(24-13-10-17-41-24)35(28)26-22(39-3)11-8-12-23(26)40-4/h8,10-13,17,21H,9,14-16,18-19H2,1-7H3/t21?,29-/m1/s1. The van der Waals surface area contributed by atoms with Gasteiger partial charge in [0, 0.05) is 27.6 Å². The number of benzene rings is 1. The van der Waals surface area contributed by atoms with Gasteiger partial charge in [-0.15, -0.1) is 10.2 Å². The molecule has 2 aromatic heterocycles. The van der Waals surface area contributed by atoms with Crippen LogP contribution in [0.2, 0.25) is 25.7 Å². The van der Waals surface area contributed by atoms with E-state index in [2.05, 4.69) is 35.9 Å². The Balaban J connectivity index is 1.91. The van der Waals surface area contributed by atoms with Gasteiger partial charge in [0.25, 0.3) is 0 Å². The number of hydrogen-bond donors (Lipinski definition) is 0. The summed E-state index contributed by atoms with van der Waals surface area (Å²) in [7, 11) is -2.91. The summed E-state index contributed by atoms with van der Waals surface area (Å²) in [5.74, 6) is 1.25. The molecule has 43 heavy (non-hydrogen) atoms. The fraction of sp³-hybridized carbons (Fsp3) is 0.517. The second kappa shape index (κ2) is 12.4.